The number of nitrogens with zero attached hydrogens (tertiary/aromatic N) is 2. The Hall–Kier alpha value is -1.39. The lowest BCUT2D eigenvalue weighted by Crippen LogP contribution is -2.53. The van der Waals surface area contributed by atoms with Crippen LogP contribution in [0.25, 0.3) is 0 Å². The molecule has 2 rings (SSSR count). The average Bonchev–Trinajstić information content (AvgIpc) is 2.71. The summed E-state index contributed by atoms with van der Waals surface area (Å²) in [7, 11) is 1.72. The van der Waals surface area contributed by atoms with Crippen molar-refractivity contribution in [2.75, 3.05) is 51.8 Å². The Kier molecular flexibility index (Phi) is 12.2. The summed E-state index contributed by atoms with van der Waals surface area (Å²) in [6.07, 6.45) is 0.943. The highest BCUT2D eigenvalue weighted by Gasteiger charge is 2.23. The number of amides is 1. The van der Waals surface area contributed by atoms with Crippen LogP contribution in [0.3, 0.4) is 0 Å². The van der Waals surface area contributed by atoms with Gasteiger partial charge in [0, 0.05) is 38.4 Å². The molecule has 1 fully saturated rings. The number of benzene rings is 1. The van der Waals surface area contributed by atoms with E-state index < -0.39 is 0 Å². The van der Waals surface area contributed by atoms with Gasteiger partial charge in [-0.05, 0) is 30.0 Å². The highest BCUT2D eigenvalue weighted by atomic mass is 127. The third-order valence-electron chi connectivity index (χ3n) is 5.02. The maximum atomic E-state index is 12.2. The van der Waals surface area contributed by atoms with Crippen molar-refractivity contribution in [1.29, 1.82) is 0 Å². The number of carbonyl (C=O) groups excluding carboxylic acids is 1. The number of nitrogens with one attached hydrogen (secondary N) is 3. The quantitative estimate of drug-likeness (QED) is 0.281. The van der Waals surface area contributed by atoms with E-state index in [1.165, 1.54) is 5.56 Å². The number of morpholine rings is 1. The lowest BCUT2D eigenvalue weighted by molar-refractivity contribution is -0.115. The summed E-state index contributed by atoms with van der Waals surface area (Å²) in [5.74, 6) is 1.05. The van der Waals surface area contributed by atoms with E-state index in [2.05, 4.69) is 52.7 Å². The van der Waals surface area contributed by atoms with Gasteiger partial charge in [0.25, 0.3) is 0 Å². The molecule has 1 aliphatic rings. The lowest BCUT2D eigenvalue weighted by atomic mass is 10.0. The molecule has 1 aliphatic heterocycles. The molecule has 1 aromatic rings. The Morgan fingerprint density at radius 2 is 1.97 bits per heavy atom. The number of carbonyl (C=O) groups is 1. The van der Waals surface area contributed by atoms with Crippen molar-refractivity contribution in [1.82, 2.24) is 15.5 Å². The van der Waals surface area contributed by atoms with Crippen LogP contribution >= 0.6 is 24.0 Å². The maximum absolute atomic E-state index is 12.2. The van der Waals surface area contributed by atoms with Crippen molar-refractivity contribution in [3.8, 4) is 0 Å². The highest BCUT2D eigenvalue weighted by molar-refractivity contribution is 14.0. The number of halogens is 1. The number of anilines is 1. The highest BCUT2D eigenvalue weighted by Crippen LogP contribution is 2.12. The van der Waals surface area contributed by atoms with Gasteiger partial charge in [0.2, 0.25) is 5.91 Å². The van der Waals surface area contributed by atoms with Crippen LogP contribution < -0.4 is 16.0 Å². The van der Waals surface area contributed by atoms with Gasteiger partial charge in [0.1, 0.15) is 0 Å². The fraction of sp³-hybridized carbons (Fsp3) is 0.619. The van der Waals surface area contributed by atoms with E-state index in [1.807, 2.05) is 18.2 Å². The maximum Gasteiger partial charge on any atom is 0.243 e. The predicted molar refractivity (Wildman–Crippen MR) is 130 cm³/mol. The zero-order valence-corrected chi connectivity index (χ0v) is 20.4. The normalized spacial score (nSPS) is 16.1. The second-order valence-corrected chi connectivity index (χ2v) is 7.37. The summed E-state index contributed by atoms with van der Waals surface area (Å²) >= 11 is 0. The van der Waals surface area contributed by atoms with Gasteiger partial charge in [-0.15, -0.1) is 24.0 Å². The van der Waals surface area contributed by atoms with E-state index in [0.717, 1.165) is 45.0 Å². The molecular formula is C21H36IN5O2. The molecule has 3 N–H and O–H groups in total. The molecule has 8 heteroatoms. The van der Waals surface area contributed by atoms with Crippen LogP contribution in [-0.2, 0) is 16.0 Å². The largest absolute Gasteiger partial charge is 0.379 e. The molecule has 1 heterocycles. The monoisotopic (exact) mass is 517 g/mol. The Morgan fingerprint density at radius 3 is 2.59 bits per heavy atom. The fourth-order valence-corrected chi connectivity index (χ4v) is 3.36. The number of ether oxygens (including phenoxy) is 1. The number of aliphatic imine (C=N–C) groups is 1. The molecule has 164 valence electrons. The molecule has 1 saturated heterocycles. The van der Waals surface area contributed by atoms with Crippen LogP contribution in [0.5, 0.6) is 0 Å². The van der Waals surface area contributed by atoms with Gasteiger partial charge in [0.15, 0.2) is 5.96 Å². The van der Waals surface area contributed by atoms with E-state index in [0.29, 0.717) is 17.9 Å². The minimum Gasteiger partial charge on any atom is -0.379 e. The number of hydrogen-bond donors (Lipinski definition) is 3. The third-order valence-corrected chi connectivity index (χ3v) is 5.02. The molecule has 0 aliphatic carbocycles. The van der Waals surface area contributed by atoms with Crippen LogP contribution in [0.15, 0.2) is 29.3 Å². The van der Waals surface area contributed by atoms with Gasteiger partial charge in [-0.2, -0.15) is 0 Å². The Morgan fingerprint density at radius 1 is 1.24 bits per heavy atom. The number of aryl methyl sites for hydroxylation is 1. The van der Waals surface area contributed by atoms with E-state index in [1.54, 1.807) is 7.05 Å². The third kappa shape index (κ3) is 8.88. The molecule has 1 aromatic carbocycles. The molecule has 29 heavy (non-hydrogen) atoms. The summed E-state index contributed by atoms with van der Waals surface area (Å²) in [6, 6.07) is 8.31. The molecule has 0 radical (unpaired) electrons. The number of hydrogen-bond acceptors (Lipinski definition) is 4. The lowest BCUT2D eigenvalue weighted by Gasteiger charge is -2.37. The van der Waals surface area contributed by atoms with Crippen LogP contribution in [-0.4, -0.2) is 69.2 Å². The topological polar surface area (TPSA) is 78.0 Å². The Labute approximate surface area is 192 Å². The number of rotatable bonds is 8. The van der Waals surface area contributed by atoms with E-state index in [4.69, 9.17) is 4.74 Å². The Balaban J connectivity index is 0.00000420. The first-order valence-corrected chi connectivity index (χ1v) is 10.2. The van der Waals surface area contributed by atoms with Gasteiger partial charge in [-0.25, -0.2) is 0 Å². The van der Waals surface area contributed by atoms with Gasteiger partial charge < -0.3 is 20.7 Å². The predicted octanol–water partition coefficient (Wildman–Crippen LogP) is 2.33. The van der Waals surface area contributed by atoms with Crippen LogP contribution in [0.2, 0.25) is 0 Å². The minimum atomic E-state index is -0.0928. The van der Waals surface area contributed by atoms with Gasteiger partial charge >= 0.3 is 0 Å². The van der Waals surface area contributed by atoms with Crippen LogP contribution in [0.4, 0.5) is 5.69 Å². The Bertz CT molecular complexity index is 648. The zero-order valence-electron chi connectivity index (χ0n) is 18.0. The van der Waals surface area contributed by atoms with E-state index in [-0.39, 0.29) is 36.4 Å². The minimum absolute atomic E-state index is 0. The SMILES string of the molecule is CCc1cccc(NC(=O)CNC(=NC)NCC(C(C)C)N2CCOCC2)c1.I. The standard InChI is InChI=1S/C21H35N5O2.HI/c1-5-17-7-6-8-18(13-17)25-20(27)15-24-21(22-4)23-14-19(16(2)3)26-9-11-28-12-10-26;/h6-8,13,16,19H,5,9-12,14-15H2,1-4H3,(H,25,27)(H2,22,23,24);1H. The van der Waals surface area contributed by atoms with E-state index in [9.17, 15) is 4.79 Å². The summed E-state index contributed by atoms with van der Waals surface area (Å²) in [6.45, 7) is 11.0. The fourth-order valence-electron chi connectivity index (χ4n) is 3.36. The number of guanidine groups is 1. The molecule has 0 bridgehead atoms. The molecule has 0 aromatic heterocycles. The second kappa shape index (κ2) is 13.8. The smallest absolute Gasteiger partial charge is 0.243 e. The van der Waals surface area contributed by atoms with Crippen LogP contribution in [0, 0.1) is 5.92 Å². The molecule has 1 amide bonds. The molecule has 0 spiro atoms. The summed E-state index contributed by atoms with van der Waals surface area (Å²) in [5.41, 5.74) is 2.02. The first kappa shape index (κ1) is 25.6. The average molecular weight is 517 g/mol. The van der Waals surface area contributed by atoms with Crippen molar-refractivity contribution >= 4 is 41.5 Å². The van der Waals surface area contributed by atoms with Crippen LogP contribution in [0.1, 0.15) is 26.3 Å². The van der Waals surface area contributed by atoms with Gasteiger partial charge in [0.05, 0.1) is 19.8 Å². The van der Waals surface area contributed by atoms with E-state index >= 15 is 0 Å². The van der Waals surface area contributed by atoms with Gasteiger partial charge in [-0.1, -0.05) is 32.9 Å². The summed E-state index contributed by atoms with van der Waals surface area (Å²) in [5, 5.41) is 9.39. The second-order valence-electron chi connectivity index (χ2n) is 7.37. The summed E-state index contributed by atoms with van der Waals surface area (Å²) in [4.78, 5) is 18.9. The van der Waals surface area contributed by atoms with Crippen molar-refractivity contribution in [2.45, 2.75) is 33.2 Å². The van der Waals surface area contributed by atoms with Crippen molar-refractivity contribution in [3.05, 3.63) is 29.8 Å². The first-order chi connectivity index (χ1) is 13.5. The summed E-state index contributed by atoms with van der Waals surface area (Å²) < 4.78 is 5.46. The molecule has 7 nitrogen and oxygen atoms in total. The first-order valence-electron chi connectivity index (χ1n) is 10.2. The van der Waals surface area contributed by atoms with Crippen molar-refractivity contribution < 1.29 is 9.53 Å². The zero-order chi connectivity index (χ0) is 20.4. The molecular weight excluding hydrogens is 481 g/mol. The van der Waals surface area contributed by atoms with Crippen molar-refractivity contribution in [3.63, 3.8) is 0 Å². The molecule has 0 saturated carbocycles. The molecule has 1 atom stereocenters. The molecule has 1 unspecified atom stereocenters. The van der Waals surface area contributed by atoms with Gasteiger partial charge in [-0.3, -0.25) is 14.7 Å². The van der Waals surface area contributed by atoms with Crippen molar-refractivity contribution in [2.24, 2.45) is 10.9 Å².